The first-order valence-corrected chi connectivity index (χ1v) is 5.67. The van der Waals surface area contributed by atoms with Crippen LogP contribution in [0, 0.1) is 6.92 Å². The SMILES string of the molecule is COC(=O)C=CC(=O)OCCn1cc(C)c(=O)[nH]c1=O. The maximum Gasteiger partial charge on any atom is 0.331 e. The number of H-pyrrole nitrogens is 1. The molecular weight excluding hydrogens is 268 g/mol. The molecule has 0 radical (unpaired) electrons. The van der Waals surface area contributed by atoms with Crippen molar-refractivity contribution < 1.29 is 19.1 Å². The molecular formula is C12H14N2O6. The number of aromatic amines is 1. The van der Waals surface area contributed by atoms with Gasteiger partial charge in [-0.15, -0.1) is 0 Å². The van der Waals surface area contributed by atoms with Crippen LogP contribution in [-0.2, 0) is 25.6 Å². The number of carbonyl (C=O) groups is 2. The van der Waals surface area contributed by atoms with E-state index >= 15 is 0 Å². The van der Waals surface area contributed by atoms with E-state index in [4.69, 9.17) is 4.74 Å². The Bertz CT molecular complexity index is 640. The highest BCUT2D eigenvalue weighted by Gasteiger charge is 2.03. The van der Waals surface area contributed by atoms with E-state index in [2.05, 4.69) is 9.72 Å². The Labute approximate surface area is 113 Å². The van der Waals surface area contributed by atoms with Crippen LogP contribution in [0.2, 0.25) is 0 Å². The van der Waals surface area contributed by atoms with Crippen molar-refractivity contribution in [3.63, 3.8) is 0 Å². The average molecular weight is 282 g/mol. The van der Waals surface area contributed by atoms with Crippen LogP contribution in [0.3, 0.4) is 0 Å². The largest absolute Gasteiger partial charge is 0.466 e. The summed E-state index contributed by atoms with van der Waals surface area (Å²) < 4.78 is 10.3. The molecule has 0 saturated heterocycles. The maximum atomic E-state index is 11.4. The van der Waals surface area contributed by atoms with Gasteiger partial charge in [-0.3, -0.25) is 14.3 Å². The van der Waals surface area contributed by atoms with E-state index in [1.165, 1.54) is 17.9 Å². The van der Waals surface area contributed by atoms with Crippen LogP contribution in [0.15, 0.2) is 27.9 Å². The van der Waals surface area contributed by atoms with Gasteiger partial charge in [-0.05, 0) is 6.92 Å². The Kier molecular flexibility index (Phi) is 5.45. The van der Waals surface area contributed by atoms with Crippen LogP contribution in [-0.4, -0.2) is 35.2 Å². The second-order valence-corrected chi connectivity index (χ2v) is 3.79. The number of ether oxygens (including phenoxy) is 2. The van der Waals surface area contributed by atoms with E-state index in [9.17, 15) is 19.2 Å². The van der Waals surface area contributed by atoms with Gasteiger partial charge in [0.25, 0.3) is 5.56 Å². The lowest BCUT2D eigenvalue weighted by Gasteiger charge is -2.05. The van der Waals surface area contributed by atoms with Gasteiger partial charge in [0, 0.05) is 23.9 Å². The van der Waals surface area contributed by atoms with Gasteiger partial charge in [0.1, 0.15) is 6.61 Å². The molecule has 1 heterocycles. The molecule has 1 aromatic rings. The zero-order valence-electron chi connectivity index (χ0n) is 11.0. The molecule has 108 valence electrons. The predicted octanol–water partition coefficient (Wildman–Crippen LogP) is -0.883. The summed E-state index contributed by atoms with van der Waals surface area (Å²) in [5.41, 5.74) is -0.660. The van der Waals surface area contributed by atoms with E-state index in [1.807, 2.05) is 0 Å². The van der Waals surface area contributed by atoms with Crippen LogP contribution < -0.4 is 11.2 Å². The van der Waals surface area contributed by atoms with Crippen molar-refractivity contribution in [1.82, 2.24) is 9.55 Å². The second kappa shape index (κ2) is 7.07. The van der Waals surface area contributed by atoms with E-state index in [-0.39, 0.29) is 13.2 Å². The van der Waals surface area contributed by atoms with E-state index in [1.54, 1.807) is 6.92 Å². The topological polar surface area (TPSA) is 107 Å². The fourth-order valence-corrected chi connectivity index (χ4v) is 1.28. The van der Waals surface area contributed by atoms with Gasteiger partial charge in [-0.25, -0.2) is 14.4 Å². The Morgan fingerprint density at radius 2 is 1.95 bits per heavy atom. The number of hydrogen-bond donors (Lipinski definition) is 1. The van der Waals surface area contributed by atoms with Crippen LogP contribution in [0.4, 0.5) is 0 Å². The molecule has 0 fully saturated rings. The van der Waals surface area contributed by atoms with Crippen molar-refractivity contribution >= 4 is 11.9 Å². The van der Waals surface area contributed by atoms with Gasteiger partial charge in [-0.2, -0.15) is 0 Å². The number of nitrogens with zero attached hydrogens (tertiary/aromatic N) is 1. The van der Waals surface area contributed by atoms with Crippen molar-refractivity contribution in [1.29, 1.82) is 0 Å². The molecule has 1 aromatic heterocycles. The zero-order chi connectivity index (χ0) is 15.1. The summed E-state index contributed by atoms with van der Waals surface area (Å²) in [5.74, 6) is -1.40. The molecule has 0 aliphatic rings. The van der Waals surface area contributed by atoms with Gasteiger partial charge in [0.15, 0.2) is 0 Å². The molecule has 0 atom stereocenters. The Morgan fingerprint density at radius 1 is 1.30 bits per heavy atom. The highest BCUT2D eigenvalue weighted by atomic mass is 16.5. The number of rotatable bonds is 5. The molecule has 8 heteroatoms. The minimum absolute atomic E-state index is 0.0737. The highest BCUT2D eigenvalue weighted by Crippen LogP contribution is 1.88. The third kappa shape index (κ3) is 4.56. The average Bonchev–Trinajstić information content (AvgIpc) is 2.41. The Hall–Kier alpha value is -2.64. The third-order valence-corrected chi connectivity index (χ3v) is 2.32. The first kappa shape index (κ1) is 15.4. The number of aromatic nitrogens is 2. The highest BCUT2D eigenvalue weighted by molar-refractivity contribution is 5.91. The predicted molar refractivity (Wildman–Crippen MR) is 68.2 cm³/mol. The van der Waals surface area contributed by atoms with E-state index in [0.29, 0.717) is 5.56 Å². The van der Waals surface area contributed by atoms with Gasteiger partial charge in [0.05, 0.1) is 13.7 Å². The molecule has 1 rings (SSSR count). The number of esters is 2. The van der Waals surface area contributed by atoms with Gasteiger partial charge >= 0.3 is 17.6 Å². The summed E-state index contributed by atoms with van der Waals surface area (Å²) >= 11 is 0. The number of aryl methyl sites for hydroxylation is 1. The molecule has 0 saturated carbocycles. The summed E-state index contributed by atoms with van der Waals surface area (Å²) in [6.45, 7) is 1.57. The molecule has 0 aliphatic carbocycles. The molecule has 0 aliphatic heterocycles. The first-order valence-electron chi connectivity index (χ1n) is 5.67. The monoisotopic (exact) mass is 282 g/mol. The Morgan fingerprint density at radius 3 is 2.60 bits per heavy atom. The quantitative estimate of drug-likeness (QED) is 0.555. The lowest BCUT2D eigenvalue weighted by Crippen LogP contribution is -2.32. The van der Waals surface area contributed by atoms with Gasteiger partial charge < -0.3 is 9.47 Å². The fourth-order valence-electron chi connectivity index (χ4n) is 1.28. The van der Waals surface area contributed by atoms with Crippen LogP contribution in [0.5, 0.6) is 0 Å². The number of hydrogen-bond acceptors (Lipinski definition) is 6. The number of nitrogens with one attached hydrogen (secondary N) is 1. The van der Waals surface area contributed by atoms with Crippen LogP contribution in [0.1, 0.15) is 5.56 Å². The van der Waals surface area contributed by atoms with Crippen molar-refractivity contribution in [2.24, 2.45) is 0 Å². The molecule has 0 unspecified atom stereocenters. The lowest BCUT2D eigenvalue weighted by molar-refractivity contribution is -0.139. The molecule has 1 N–H and O–H groups in total. The number of methoxy groups -OCH3 is 1. The van der Waals surface area contributed by atoms with E-state index in [0.717, 1.165) is 12.2 Å². The number of carbonyl (C=O) groups excluding carboxylic acids is 2. The summed E-state index contributed by atoms with van der Waals surface area (Å²) in [4.78, 5) is 46.6. The van der Waals surface area contributed by atoms with Gasteiger partial charge in [-0.1, -0.05) is 0 Å². The normalized spacial score (nSPS) is 10.5. The summed E-state index contributed by atoms with van der Waals surface area (Å²) in [7, 11) is 1.18. The van der Waals surface area contributed by atoms with Crippen molar-refractivity contribution in [2.75, 3.05) is 13.7 Å². The smallest absolute Gasteiger partial charge is 0.331 e. The molecule has 0 bridgehead atoms. The molecule has 0 aromatic carbocycles. The summed E-state index contributed by atoms with van der Waals surface area (Å²) in [5, 5.41) is 0. The summed E-state index contributed by atoms with van der Waals surface area (Å²) in [6, 6.07) is 0. The minimum Gasteiger partial charge on any atom is -0.466 e. The Balaban J connectivity index is 2.53. The zero-order valence-corrected chi connectivity index (χ0v) is 11.0. The molecule has 8 nitrogen and oxygen atoms in total. The summed E-state index contributed by atoms with van der Waals surface area (Å²) in [6.07, 6.45) is 3.23. The van der Waals surface area contributed by atoms with Crippen molar-refractivity contribution in [3.05, 3.63) is 44.8 Å². The lowest BCUT2D eigenvalue weighted by atomic mass is 10.4. The fraction of sp³-hybridized carbons (Fsp3) is 0.333. The van der Waals surface area contributed by atoms with E-state index < -0.39 is 23.2 Å². The maximum absolute atomic E-state index is 11.4. The van der Waals surface area contributed by atoms with Crippen LogP contribution in [0.25, 0.3) is 0 Å². The van der Waals surface area contributed by atoms with Gasteiger partial charge in [0.2, 0.25) is 0 Å². The molecule has 0 amide bonds. The van der Waals surface area contributed by atoms with Crippen molar-refractivity contribution in [3.8, 4) is 0 Å². The molecule has 0 spiro atoms. The van der Waals surface area contributed by atoms with Crippen molar-refractivity contribution in [2.45, 2.75) is 13.5 Å². The van der Waals surface area contributed by atoms with Crippen LogP contribution >= 0.6 is 0 Å². The first-order chi connectivity index (χ1) is 9.43. The second-order valence-electron chi connectivity index (χ2n) is 3.79. The molecule has 20 heavy (non-hydrogen) atoms. The third-order valence-electron chi connectivity index (χ3n) is 2.32. The minimum atomic E-state index is -0.732. The standard InChI is InChI=1S/C12H14N2O6/c1-8-7-14(12(18)13-11(8)17)5-6-20-10(16)4-3-9(15)19-2/h3-4,7H,5-6H2,1-2H3,(H,13,17,18).